The van der Waals surface area contributed by atoms with Gasteiger partial charge in [-0.15, -0.1) is 0 Å². The van der Waals surface area contributed by atoms with Gasteiger partial charge >= 0.3 is 0 Å². The van der Waals surface area contributed by atoms with Crippen LogP contribution >= 0.6 is 0 Å². The van der Waals surface area contributed by atoms with Crippen LogP contribution in [0.2, 0.25) is 0 Å². The van der Waals surface area contributed by atoms with E-state index in [4.69, 9.17) is 4.74 Å². The lowest BCUT2D eigenvalue weighted by Gasteiger charge is -2.34. The summed E-state index contributed by atoms with van der Waals surface area (Å²) in [5.74, 6) is 0.729. The third kappa shape index (κ3) is 2.77. The number of likely N-dealkylation sites (N-methyl/N-ethyl adjacent to an activating group) is 1. The first-order chi connectivity index (χ1) is 15.6. The van der Waals surface area contributed by atoms with Gasteiger partial charge in [0.1, 0.15) is 5.75 Å². The van der Waals surface area contributed by atoms with E-state index >= 15 is 0 Å². The first-order valence-corrected chi connectivity index (χ1v) is 11.9. The summed E-state index contributed by atoms with van der Waals surface area (Å²) in [6.07, 6.45) is 3.03. The maximum absolute atomic E-state index is 13.8. The minimum Gasteiger partial charge on any atom is -0.496 e. The molecular weight excluding hydrogens is 398 g/mol. The van der Waals surface area contributed by atoms with Crippen LogP contribution in [0.5, 0.6) is 5.75 Å². The molecule has 2 heterocycles. The molecule has 5 nitrogen and oxygen atoms in total. The summed E-state index contributed by atoms with van der Waals surface area (Å²) in [7, 11) is 3.84. The van der Waals surface area contributed by atoms with Crippen LogP contribution in [0.4, 0.5) is 5.69 Å². The number of carbonyl (C=O) groups is 1. The van der Waals surface area contributed by atoms with E-state index in [1.165, 1.54) is 28.1 Å². The van der Waals surface area contributed by atoms with E-state index in [0.29, 0.717) is 11.3 Å². The Hall–Kier alpha value is -2.79. The summed E-state index contributed by atoms with van der Waals surface area (Å²) in [4.78, 5) is 20.7. The van der Waals surface area contributed by atoms with Crippen molar-refractivity contribution < 1.29 is 9.53 Å². The Bertz CT molecular complexity index is 1150. The Morgan fingerprint density at radius 2 is 1.88 bits per heavy atom. The highest BCUT2D eigenvalue weighted by Crippen LogP contribution is 2.68. The Balaban J connectivity index is 1.38. The number of benzene rings is 2. The molecule has 0 aromatic heterocycles. The lowest BCUT2D eigenvalue weighted by molar-refractivity contribution is 0.0826. The van der Waals surface area contributed by atoms with E-state index in [1.54, 1.807) is 7.11 Å². The second-order valence-electron chi connectivity index (χ2n) is 9.70. The van der Waals surface area contributed by atoms with E-state index in [-0.39, 0.29) is 11.3 Å². The number of piperazine rings is 1. The summed E-state index contributed by atoms with van der Waals surface area (Å²) in [6.45, 7) is 7.18. The van der Waals surface area contributed by atoms with Crippen LogP contribution in [-0.4, -0.2) is 62.6 Å². The summed E-state index contributed by atoms with van der Waals surface area (Å²) >= 11 is 0. The van der Waals surface area contributed by atoms with E-state index in [1.807, 2.05) is 23.1 Å². The number of amides is 1. The highest BCUT2D eigenvalue weighted by atomic mass is 16.5. The van der Waals surface area contributed by atoms with Gasteiger partial charge in [0.05, 0.1) is 18.4 Å². The fourth-order valence-electron chi connectivity index (χ4n) is 5.98. The van der Waals surface area contributed by atoms with Crippen LogP contribution in [0.1, 0.15) is 46.8 Å². The molecule has 5 heteroatoms. The van der Waals surface area contributed by atoms with Crippen molar-refractivity contribution in [3.8, 4) is 5.75 Å². The van der Waals surface area contributed by atoms with Gasteiger partial charge in [-0.1, -0.05) is 19.1 Å². The van der Waals surface area contributed by atoms with Crippen LogP contribution in [0.3, 0.4) is 0 Å². The quantitative estimate of drug-likeness (QED) is 0.738. The van der Waals surface area contributed by atoms with Crippen molar-refractivity contribution >= 4 is 17.3 Å². The lowest BCUT2D eigenvalue weighted by atomic mass is 9.92. The number of fused-ring (bicyclic) bond motifs is 2. The average molecular weight is 430 g/mol. The lowest BCUT2D eigenvalue weighted by Crippen LogP contribution is -2.44. The predicted molar refractivity (Wildman–Crippen MR) is 127 cm³/mol. The Morgan fingerprint density at radius 1 is 1.06 bits per heavy atom. The molecule has 2 aromatic rings. The van der Waals surface area contributed by atoms with Crippen LogP contribution in [0.25, 0.3) is 5.70 Å². The molecule has 2 aliphatic carbocycles. The van der Waals surface area contributed by atoms with Crippen molar-refractivity contribution in [2.24, 2.45) is 0 Å². The van der Waals surface area contributed by atoms with Crippen molar-refractivity contribution in [1.29, 1.82) is 0 Å². The van der Waals surface area contributed by atoms with Gasteiger partial charge in [-0.3, -0.25) is 4.79 Å². The molecule has 0 N–H and O–H groups in total. The minimum absolute atomic E-state index is 0.0676. The van der Waals surface area contributed by atoms with Crippen molar-refractivity contribution in [2.45, 2.75) is 31.6 Å². The van der Waals surface area contributed by atoms with E-state index in [9.17, 15) is 4.79 Å². The first kappa shape index (κ1) is 19.9. The highest BCUT2D eigenvalue weighted by Gasteiger charge is 2.61. The van der Waals surface area contributed by atoms with E-state index in [2.05, 4.69) is 42.0 Å². The predicted octanol–water partition coefficient (Wildman–Crippen LogP) is 3.92. The summed E-state index contributed by atoms with van der Waals surface area (Å²) in [5.41, 5.74) is 8.68. The largest absolute Gasteiger partial charge is 0.496 e. The summed E-state index contributed by atoms with van der Waals surface area (Å²) < 4.78 is 5.57. The molecule has 1 saturated heterocycles. The second kappa shape index (κ2) is 7.11. The minimum atomic E-state index is 0.0676. The zero-order valence-corrected chi connectivity index (χ0v) is 19.3. The van der Waals surface area contributed by atoms with Crippen molar-refractivity contribution in [3.63, 3.8) is 0 Å². The third-order valence-electron chi connectivity index (χ3n) is 8.04. The van der Waals surface area contributed by atoms with Gasteiger partial charge in [-0.25, -0.2) is 0 Å². The molecule has 166 valence electrons. The van der Waals surface area contributed by atoms with Gasteiger partial charge in [-0.05, 0) is 67.3 Å². The van der Waals surface area contributed by atoms with Gasteiger partial charge in [0.15, 0.2) is 0 Å². The molecule has 0 radical (unpaired) electrons. The van der Waals surface area contributed by atoms with E-state index < -0.39 is 0 Å². The van der Waals surface area contributed by atoms with Gasteiger partial charge in [0.25, 0.3) is 5.91 Å². The average Bonchev–Trinajstić information content (AvgIpc) is 3.55. The molecule has 1 atom stereocenters. The molecule has 1 unspecified atom stereocenters. The van der Waals surface area contributed by atoms with Crippen LogP contribution in [-0.2, 0) is 11.8 Å². The number of ether oxygens (including phenoxy) is 1. The molecule has 2 bridgehead atoms. The van der Waals surface area contributed by atoms with Crippen LogP contribution < -0.4 is 9.64 Å². The molecular formula is C27H31N3O2. The number of methoxy groups -OCH3 is 1. The molecule has 1 amide bonds. The van der Waals surface area contributed by atoms with Gasteiger partial charge < -0.3 is 19.4 Å². The zero-order chi connectivity index (χ0) is 22.0. The maximum atomic E-state index is 13.8. The fraction of sp³-hybridized carbons (Fsp3) is 0.444. The molecule has 2 aliphatic heterocycles. The Morgan fingerprint density at radius 3 is 2.62 bits per heavy atom. The highest BCUT2D eigenvalue weighted by molar-refractivity contribution is 6.05. The van der Waals surface area contributed by atoms with E-state index in [0.717, 1.165) is 57.5 Å². The van der Waals surface area contributed by atoms with Crippen molar-refractivity contribution in [3.05, 3.63) is 64.2 Å². The zero-order valence-electron chi connectivity index (χ0n) is 19.3. The maximum Gasteiger partial charge on any atom is 0.262 e. The third-order valence-corrected chi connectivity index (χ3v) is 8.04. The number of carbonyl (C=O) groups excluding carboxylic acids is 1. The van der Waals surface area contributed by atoms with Gasteiger partial charge in [0, 0.05) is 49.4 Å². The smallest absolute Gasteiger partial charge is 0.262 e. The topological polar surface area (TPSA) is 36.0 Å². The normalized spacial score (nSPS) is 23.8. The van der Waals surface area contributed by atoms with Gasteiger partial charge in [0.2, 0.25) is 0 Å². The molecule has 0 spiro atoms. The standard InChI is InChI=1S/C27H31N3O2/c1-4-18-5-8-24(32-3)21(15-18)26(31)30-10-9-27-17-23(27)25(30)20-16-19(6-7-22(20)27)29-13-11-28(2)12-14-29/h5-8,15-16H,4,9-14,17H2,1-3H3. The van der Waals surface area contributed by atoms with Gasteiger partial charge in [-0.2, -0.15) is 0 Å². The van der Waals surface area contributed by atoms with Crippen LogP contribution in [0.15, 0.2) is 42.0 Å². The summed E-state index contributed by atoms with van der Waals surface area (Å²) in [6, 6.07) is 13.0. The number of nitrogens with zero attached hydrogens (tertiary/aromatic N) is 3. The number of anilines is 1. The molecule has 4 aliphatic rings. The number of hydrogen-bond donors (Lipinski definition) is 0. The number of rotatable bonds is 4. The molecule has 6 rings (SSSR count). The van der Waals surface area contributed by atoms with Crippen molar-refractivity contribution in [2.75, 3.05) is 51.8 Å². The molecule has 2 fully saturated rings. The Kier molecular flexibility index (Phi) is 4.41. The fourth-order valence-corrected chi connectivity index (χ4v) is 5.98. The number of hydrogen-bond acceptors (Lipinski definition) is 4. The SMILES string of the molecule is CCc1ccc(OC)c(C(=O)N2CCC34CC3=C2c2cc(N3CCN(C)CC3)ccc24)c1. The second-order valence-corrected chi connectivity index (χ2v) is 9.70. The number of aryl methyl sites for hydroxylation is 1. The van der Waals surface area contributed by atoms with Crippen LogP contribution in [0, 0.1) is 0 Å². The summed E-state index contributed by atoms with van der Waals surface area (Å²) in [5, 5.41) is 0. The molecule has 1 saturated carbocycles. The molecule has 32 heavy (non-hydrogen) atoms. The Labute approximate surface area is 190 Å². The molecule has 2 aromatic carbocycles. The van der Waals surface area contributed by atoms with Crippen molar-refractivity contribution in [1.82, 2.24) is 9.80 Å². The monoisotopic (exact) mass is 429 g/mol. The first-order valence-electron chi connectivity index (χ1n) is 11.9. The number of allylic oxidation sites excluding steroid dienone is 1.